The highest BCUT2D eigenvalue weighted by molar-refractivity contribution is 6.03. The number of aromatic carboxylic acids is 1. The van der Waals surface area contributed by atoms with Gasteiger partial charge in [-0.05, 0) is 25.0 Å². The lowest BCUT2D eigenvalue weighted by atomic mass is 10.1. The average Bonchev–Trinajstić information content (AvgIpc) is 2.38. The number of hydrogen-bond acceptors (Lipinski definition) is 4. The van der Waals surface area contributed by atoms with Gasteiger partial charge in [0.25, 0.3) is 5.91 Å². The van der Waals surface area contributed by atoms with Crippen LogP contribution in [0.3, 0.4) is 0 Å². The highest BCUT2D eigenvalue weighted by Crippen LogP contribution is 2.05. The summed E-state index contributed by atoms with van der Waals surface area (Å²) in [5.41, 5.74) is -0.248. The molecule has 1 aromatic rings. The van der Waals surface area contributed by atoms with Crippen LogP contribution in [0.4, 0.5) is 0 Å². The molecule has 1 atom stereocenters. The van der Waals surface area contributed by atoms with E-state index in [2.05, 4.69) is 10.3 Å². The topological polar surface area (TPSA) is 99.5 Å². The normalized spacial score (nSPS) is 11.9. The van der Waals surface area contributed by atoms with Gasteiger partial charge in [0, 0.05) is 12.7 Å². The smallest absolute Gasteiger partial charge is 0.338 e. The largest absolute Gasteiger partial charge is 0.478 e. The van der Waals surface area contributed by atoms with Gasteiger partial charge in [0.2, 0.25) is 0 Å². The summed E-state index contributed by atoms with van der Waals surface area (Å²) in [7, 11) is 0. The molecule has 1 rings (SSSR count). The number of aliphatic hydroxyl groups excluding tert-OH is 1. The zero-order valence-corrected chi connectivity index (χ0v) is 10.1. The summed E-state index contributed by atoms with van der Waals surface area (Å²) in [6.07, 6.45) is 1.94. The van der Waals surface area contributed by atoms with E-state index in [0.717, 1.165) is 0 Å². The number of amides is 1. The summed E-state index contributed by atoms with van der Waals surface area (Å²) < 4.78 is 0. The van der Waals surface area contributed by atoms with Crippen LogP contribution in [0.1, 0.15) is 40.6 Å². The van der Waals surface area contributed by atoms with Crippen LogP contribution in [0.5, 0.6) is 0 Å². The quantitative estimate of drug-likeness (QED) is 0.691. The van der Waals surface area contributed by atoms with E-state index in [1.165, 1.54) is 18.3 Å². The second kappa shape index (κ2) is 6.70. The number of nitrogens with one attached hydrogen (secondary N) is 1. The molecule has 6 nitrogen and oxygen atoms in total. The minimum atomic E-state index is -1.19. The van der Waals surface area contributed by atoms with Crippen molar-refractivity contribution in [3.8, 4) is 0 Å². The molecule has 0 spiro atoms. The molecule has 3 N–H and O–H groups in total. The average molecular weight is 252 g/mol. The van der Waals surface area contributed by atoms with Crippen molar-refractivity contribution in [2.45, 2.75) is 25.9 Å². The summed E-state index contributed by atoms with van der Waals surface area (Å²) in [5, 5.41) is 20.8. The van der Waals surface area contributed by atoms with E-state index in [4.69, 9.17) is 5.11 Å². The Bertz CT molecular complexity index is 434. The molecule has 1 heterocycles. The zero-order valence-electron chi connectivity index (χ0n) is 10.1. The van der Waals surface area contributed by atoms with Crippen molar-refractivity contribution in [3.05, 3.63) is 29.6 Å². The number of carboxylic acid groups (broad SMARTS) is 1. The van der Waals surface area contributed by atoms with Crippen LogP contribution in [0.25, 0.3) is 0 Å². The highest BCUT2D eigenvalue weighted by atomic mass is 16.4. The van der Waals surface area contributed by atoms with Gasteiger partial charge in [0.05, 0.1) is 11.7 Å². The van der Waals surface area contributed by atoms with Crippen LogP contribution >= 0.6 is 0 Å². The Balaban J connectivity index is 2.64. The number of aliphatic hydroxyl groups is 1. The van der Waals surface area contributed by atoms with Gasteiger partial charge in [-0.2, -0.15) is 0 Å². The van der Waals surface area contributed by atoms with E-state index in [0.29, 0.717) is 12.8 Å². The molecule has 0 aliphatic heterocycles. The Morgan fingerprint density at radius 2 is 2.22 bits per heavy atom. The second-order valence-electron chi connectivity index (χ2n) is 3.81. The number of rotatable bonds is 6. The molecular weight excluding hydrogens is 236 g/mol. The summed E-state index contributed by atoms with van der Waals surface area (Å²) in [6.45, 7) is 2.12. The van der Waals surface area contributed by atoms with Crippen molar-refractivity contribution in [3.63, 3.8) is 0 Å². The number of hydrogen-bond donors (Lipinski definition) is 3. The van der Waals surface area contributed by atoms with E-state index < -0.39 is 18.0 Å². The molecule has 0 saturated carbocycles. The molecule has 0 bridgehead atoms. The molecular formula is C12H16N2O4. The van der Waals surface area contributed by atoms with Gasteiger partial charge >= 0.3 is 5.97 Å². The first-order valence-corrected chi connectivity index (χ1v) is 5.70. The molecule has 1 aromatic heterocycles. The van der Waals surface area contributed by atoms with Gasteiger partial charge in [-0.25, -0.2) is 4.79 Å². The Hall–Kier alpha value is -1.95. The Labute approximate surface area is 105 Å². The number of carboxylic acids is 1. The maximum Gasteiger partial charge on any atom is 0.338 e. The highest BCUT2D eigenvalue weighted by Gasteiger charge is 2.17. The monoisotopic (exact) mass is 252 g/mol. The molecule has 0 radical (unpaired) electrons. The first kappa shape index (κ1) is 14.1. The molecule has 98 valence electrons. The first-order valence-electron chi connectivity index (χ1n) is 5.70. The maximum atomic E-state index is 11.7. The lowest BCUT2D eigenvalue weighted by molar-refractivity contribution is 0.0689. The van der Waals surface area contributed by atoms with E-state index >= 15 is 0 Å². The molecule has 0 aliphatic rings. The van der Waals surface area contributed by atoms with Crippen LogP contribution in [0.2, 0.25) is 0 Å². The van der Waals surface area contributed by atoms with Crippen LogP contribution in [-0.4, -0.2) is 39.7 Å². The molecule has 0 aliphatic carbocycles. The molecule has 1 unspecified atom stereocenters. The predicted molar refractivity (Wildman–Crippen MR) is 64.4 cm³/mol. The second-order valence-corrected chi connectivity index (χ2v) is 3.81. The Kier molecular flexibility index (Phi) is 5.26. The lowest BCUT2D eigenvalue weighted by Gasteiger charge is -2.09. The Morgan fingerprint density at radius 1 is 1.50 bits per heavy atom. The third-order valence-electron chi connectivity index (χ3n) is 2.49. The van der Waals surface area contributed by atoms with Crippen LogP contribution in [0.15, 0.2) is 18.3 Å². The van der Waals surface area contributed by atoms with Crippen LogP contribution in [-0.2, 0) is 0 Å². The lowest BCUT2D eigenvalue weighted by Crippen LogP contribution is -2.29. The van der Waals surface area contributed by atoms with Gasteiger partial charge in [0.15, 0.2) is 0 Å². The minimum absolute atomic E-state index is 0.115. The number of nitrogens with zero attached hydrogens (tertiary/aromatic N) is 1. The van der Waals surface area contributed by atoms with Crippen molar-refractivity contribution >= 4 is 11.9 Å². The maximum absolute atomic E-state index is 11.7. The van der Waals surface area contributed by atoms with Crippen LogP contribution < -0.4 is 5.32 Å². The SMILES string of the molecule is CCC(O)CCNC(=O)c1ncccc1C(=O)O. The van der Waals surface area contributed by atoms with Gasteiger partial charge in [0.1, 0.15) is 5.69 Å². The fourth-order valence-electron chi connectivity index (χ4n) is 1.40. The summed E-state index contributed by atoms with van der Waals surface area (Å²) in [6, 6.07) is 2.78. The van der Waals surface area contributed by atoms with Gasteiger partial charge in [-0.15, -0.1) is 0 Å². The number of carbonyl (C=O) groups is 2. The molecule has 0 saturated heterocycles. The van der Waals surface area contributed by atoms with Crippen LogP contribution in [0, 0.1) is 0 Å². The standard InChI is InChI=1S/C12H16N2O4/c1-2-8(15)5-7-14-11(16)10-9(12(17)18)4-3-6-13-10/h3-4,6,8,15H,2,5,7H2,1H3,(H,14,16)(H,17,18). The molecule has 6 heteroatoms. The number of aromatic nitrogens is 1. The number of pyridine rings is 1. The first-order chi connectivity index (χ1) is 8.56. The summed E-state index contributed by atoms with van der Waals surface area (Å²) in [5.74, 6) is -1.74. The number of carbonyl (C=O) groups excluding carboxylic acids is 1. The zero-order chi connectivity index (χ0) is 13.5. The fraction of sp³-hybridized carbons (Fsp3) is 0.417. The minimum Gasteiger partial charge on any atom is -0.478 e. The van der Waals surface area contributed by atoms with Crippen molar-refractivity contribution in [1.29, 1.82) is 0 Å². The van der Waals surface area contributed by atoms with Gasteiger partial charge in [-0.3, -0.25) is 9.78 Å². The van der Waals surface area contributed by atoms with Gasteiger partial charge in [-0.1, -0.05) is 6.92 Å². The van der Waals surface area contributed by atoms with E-state index in [1.54, 1.807) is 0 Å². The summed E-state index contributed by atoms with van der Waals surface area (Å²) >= 11 is 0. The van der Waals surface area contributed by atoms with Crippen molar-refractivity contribution in [2.24, 2.45) is 0 Å². The molecule has 0 aromatic carbocycles. The summed E-state index contributed by atoms with van der Waals surface area (Å²) in [4.78, 5) is 26.4. The van der Waals surface area contributed by atoms with Crippen molar-refractivity contribution in [2.75, 3.05) is 6.54 Å². The Morgan fingerprint density at radius 3 is 2.83 bits per heavy atom. The molecule has 0 fully saturated rings. The van der Waals surface area contributed by atoms with Crippen molar-refractivity contribution in [1.82, 2.24) is 10.3 Å². The van der Waals surface area contributed by atoms with E-state index in [1.807, 2.05) is 6.92 Å². The van der Waals surface area contributed by atoms with Crippen molar-refractivity contribution < 1.29 is 19.8 Å². The van der Waals surface area contributed by atoms with Gasteiger partial charge < -0.3 is 15.5 Å². The molecule has 1 amide bonds. The third kappa shape index (κ3) is 3.81. The predicted octanol–water partition coefficient (Wildman–Crippen LogP) is 0.671. The molecule has 18 heavy (non-hydrogen) atoms. The fourth-order valence-corrected chi connectivity index (χ4v) is 1.40. The van der Waals surface area contributed by atoms with E-state index in [9.17, 15) is 14.7 Å². The third-order valence-corrected chi connectivity index (χ3v) is 2.49. The van der Waals surface area contributed by atoms with E-state index in [-0.39, 0.29) is 17.8 Å².